The lowest BCUT2D eigenvalue weighted by Gasteiger charge is -2.57. The molecule has 122 valence electrons. The Hall–Kier alpha value is -1.05. The monoisotopic (exact) mass is 302 g/mol. The molecule has 22 heavy (non-hydrogen) atoms. The van der Waals surface area contributed by atoms with Crippen LogP contribution in [0.1, 0.15) is 66.2 Å². The number of rotatable bonds is 2. The summed E-state index contributed by atoms with van der Waals surface area (Å²) in [6, 6.07) is 0. The molecule has 0 unspecified atom stereocenters. The number of carbonyl (C=O) groups is 1. The number of hydrogen-bond donors (Lipinski definition) is 1. The molecule has 0 aromatic carbocycles. The molecule has 0 amide bonds. The van der Waals surface area contributed by atoms with E-state index in [2.05, 4.69) is 32.9 Å². The third kappa shape index (κ3) is 2.18. The first-order valence-electron chi connectivity index (χ1n) is 8.93. The number of carboxylic acid groups (broad SMARTS) is 1. The molecule has 2 saturated carbocycles. The molecule has 0 spiro atoms. The molecule has 1 N–H and O–H groups in total. The van der Waals surface area contributed by atoms with Gasteiger partial charge in [-0.1, -0.05) is 44.9 Å². The van der Waals surface area contributed by atoms with E-state index < -0.39 is 11.4 Å². The summed E-state index contributed by atoms with van der Waals surface area (Å²) in [7, 11) is 0. The zero-order valence-corrected chi connectivity index (χ0v) is 14.5. The fourth-order valence-corrected chi connectivity index (χ4v) is 5.67. The molecule has 0 radical (unpaired) electrons. The minimum Gasteiger partial charge on any atom is -0.481 e. The smallest absolute Gasteiger partial charge is 0.309 e. The van der Waals surface area contributed by atoms with Crippen molar-refractivity contribution in [1.29, 1.82) is 0 Å². The van der Waals surface area contributed by atoms with E-state index in [9.17, 15) is 9.90 Å². The summed E-state index contributed by atoms with van der Waals surface area (Å²) >= 11 is 0. The Kier molecular flexibility index (Phi) is 3.78. The highest BCUT2D eigenvalue weighted by atomic mass is 16.4. The summed E-state index contributed by atoms with van der Waals surface area (Å²) in [5.74, 6) is 0.898. The molecule has 2 fully saturated rings. The maximum atomic E-state index is 11.9. The fraction of sp³-hybridized carbons (Fsp3) is 0.750. The maximum absolute atomic E-state index is 11.9. The zero-order valence-electron chi connectivity index (χ0n) is 14.5. The van der Waals surface area contributed by atoms with Gasteiger partial charge in [0, 0.05) is 0 Å². The third-order valence-electron chi connectivity index (χ3n) is 7.04. The molecule has 0 aliphatic heterocycles. The second-order valence-electron chi connectivity index (χ2n) is 8.54. The van der Waals surface area contributed by atoms with E-state index in [4.69, 9.17) is 0 Å². The van der Waals surface area contributed by atoms with Crippen LogP contribution in [0.3, 0.4) is 0 Å². The highest BCUT2D eigenvalue weighted by Crippen LogP contribution is 2.62. The van der Waals surface area contributed by atoms with Crippen LogP contribution in [-0.2, 0) is 4.79 Å². The highest BCUT2D eigenvalue weighted by molar-refractivity contribution is 5.75. The van der Waals surface area contributed by atoms with Crippen LogP contribution in [0.15, 0.2) is 23.3 Å². The predicted octanol–water partition coefficient (Wildman–Crippen LogP) is 5.21. The maximum Gasteiger partial charge on any atom is 0.309 e. The van der Waals surface area contributed by atoms with Gasteiger partial charge in [-0.05, 0) is 67.8 Å². The van der Waals surface area contributed by atoms with E-state index in [0.29, 0.717) is 17.8 Å². The second kappa shape index (κ2) is 5.25. The van der Waals surface area contributed by atoms with Gasteiger partial charge >= 0.3 is 5.97 Å². The highest BCUT2D eigenvalue weighted by Gasteiger charge is 2.57. The van der Waals surface area contributed by atoms with Gasteiger partial charge in [-0.2, -0.15) is 0 Å². The van der Waals surface area contributed by atoms with Crippen molar-refractivity contribution in [1.82, 2.24) is 0 Å². The van der Waals surface area contributed by atoms with E-state index in [0.717, 1.165) is 32.1 Å². The molecular formula is C20H30O2. The van der Waals surface area contributed by atoms with Gasteiger partial charge in [-0.3, -0.25) is 4.79 Å². The summed E-state index contributed by atoms with van der Waals surface area (Å²) in [5.41, 5.74) is 2.71. The van der Waals surface area contributed by atoms with Crippen LogP contribution in [-0.4, -0.2) is 11.1 Å². The number of hydrogen-bond acceptors (Lipinski definition) is 1. The minimum atomic E-state index is -0.579. The first-order valence-corrected chi connectivity index (χ1v) is 8.93. The molecular weight excluding hydrogens is 272 g/mol. The lowest BCUT2D eigenvalue weighted by molar-refractivity contribution is -0.164. The molecule has 3 aliphatic carbocycles. The SMILES string of the molecule is CC(C)C1=CC[C@@H]2C(=C1)CC[C@@H]1[C@]2(C)CCC[C@@]1(C)C(=O)O. The summed E-state index contributed by atoms with van der Waals surface area (Å²) in [6.45, 7) is 8.91. The average Bonchev–Trinajstić information content (AvgIpc) is 2.46. The summed E-state index contributed by atoms with van der Waals surface area (Å²) in [6.07, 6.45) is 11.2. The van der Waals surface area contributed by atoms with Crippen LogP contribution in [0.25, 0.3) is 0 Å². The summed E-state index contributed by atoms with van der Waals surface area (Å²) in [4.78, 5) is 11.9. The van der Waals surface area contributed by atoms with Gasteiger partial charge in [0.15, 0.2) is 0 Å². The molecule has 0 aromatic rings. The molecule has 2 heteroatoms. The minimum absolute atomic E-state index is 0.161. The van der Waals surface area contributed by atoms with E-state index >= 15 is 0 Å². The molecule has 3 rings (SSSR count). The number of fused-ring (bicyclic) bond motifs is 3. The normalized spacial score (nSPS) is 41.3. The van der Waals surface area contributed by atoms with Gasteiger partial charge in [0.2, 0.25) is 0 Å². The van der Waals surface area contributed by atoms with Crippen molar-refractivity contribution in [2.24, 2.45) is 28.6 Å². The van der Waals surface area contributed by atoms with Gasteiger partial charge in [-0.25, -0.2) is 0 Å². The lowest BCUT2D eigenvalue weighted by atomic mass is 9.46. The van der Waals surface area contributed by atoms with Crippen molar-refractivity contribution in [3.8, 4) is 0 Å². The summed E-state index contributed by atoms with van der Waals surface area (Å²) < 4.78 is 0. The van der Waals surface area contributed by atoms with Crippen LogP contribution in [0.2, 0.25) is 0 Å². The van der Waals surface area contributed by atoms with Crippen molar-refractivity contribution < 1.29 is 9.90 Å². The fourth-order valence-electron chi connectivity index (χ4n) is 5.67. The third-order valence-corrected chi connectivity index (χ3v) is 7.04. The Balaban J connectivity index is 1.95. The number of carboxylic acids is 1. The predicted molar refractivity (Wildman–Crippen MR) is 89.5 cm³/mol. The van der Waals surface area contributed by atoms with Crippen molar-refractivity contribution in [2.45, 2.75) is 66.2 Å². The molecule has 0 bridgehead atoms. The first kappa shape index (κ1) is 15.8. The Labute approximate surface area is 134 Å². The number of aliphatic carboxylic acids is 1. The van der Waals surface area contributed by atoms with E-state index in [-0.39, 0.29) is 5.41 Å². The van der Waals surface area contributed by atoms with Gasteiger partial charge in [0.25, 0.3) is 0 Å². The molecule has 3 aliphatic rings. The van der Waals surface area contributed by atoms with Crippen molar-refractivity contribution >= 4 is 5.97 Å². The molecule has 0 saturated heterocycles. The molecule has 0 aromatic heterocycles. The zero-order chi connectivity index (χ0) is 16.1. The van der Waals surface area contributed by atoms with E-state index in [1.165, 1.54) is 12.0 Å². The second-order valence-corrected chi connectivity index (χ2v) is 8.54. The Morgan fingerprint density at radius 1 is 1.32 bits per heavy atom. The largest absolute Gasteiger partial charge is 0.481 e. The Morgan fingerprint density at radius 3 is 2.68 bits per heavy atom. The van der Waals surface area contributed by atoms with E-state index in [1.54, 1.807) is 5.57 Å². The van der Waals surface area contributed by atoms with E-state index in [1.807, 2.05) is 6.92 Å². The van der Waals surface area contributed by atoms with Gasteiger partial charge in [0.1, 0.15) is 0 Å². The van der Waals surface area contributed by atoms with Crippen molar-refractivity contribution in [3.63, 3.8) is 0 Å². The summed E-state index contributed by atoms with van der Waals surface area (Å²) in [5, 5.41) is 9.84. The van der Waals surface area contributed by atoms with Crippen LogP contribution >= 0.6 is 0 Å². The van der Waals surface area contributed by atoms with Crippen LogP contribution < -0.4 is 0 Å². The van der Waals surface area contributed by atoms with Gasteiger partial charge < -0.3 is 5.11 Å². The first-order chi connectivity index (χ1) is 10.3. The molecule has 0 heterocycles. The quantitative estimate of drug-likeness (QED) is 0.760. The lowest BCUT2D eigenvalue weighted by Crippen LogP contribution is -2.53. The topological polar surface area (TPSA) is 37.3 Å². The molecule has 2 nitrogen and oxygen atoms in total. The number of allylic oxidation sites excluding steroid dienone is 4. The van der Waals surface area contributed by atoms with Crippen LogP contribution in [0, 0.1) is 28.6 Å². The average molecular weight is 302 g/mol. The molecule has 4 atom stereocenters. The van der Waals surface area contributed by atoms with Crippen LogP contribution in [0.5, 0.6) is 0 Å². The Morgan fingerprint density at radius 2 is 2.05 bits per heavy atom. The van der Waals surface area contributed by atoms with Crippen molar-refractivity contribution in [3.05, 3.63) is 23.3 Å². The van der Waals surface area contributed by atoms with Crippen molar-refractivity contribution in [2.75, 3.05) is 0 Å². The van der Waals surface area contributed by atoms with Gasteiger partial charge in [-0.15, -0.1) is 0 Å². The van der Waals surface area contributed by atoms with Gasteiger partial charge in [0.05, 0.1) is 5.41 Å². The van der Waals surface area contributed by atoms with Crippen LogP contribution in [0.4, 0.5) is 0 Å². The standard InChI is InChI=1S/C20H30O2/c1-13(2)14-6-8-16-15(12-14)7-9-17-19(16,3)10-5-11-20(17,4)18(21)22/h6,12-13,16-17H,5,7-11H2,1-4H3,(H,21,22)/t16-,17-,19-,20-/m1/s1. The Bertz CT molecular complexity index is 542.